The monoisotopic (exact) mass is 362 g/mol. The van der Waals surface area contributed by atoms with Crippen molar-refractivity contribution < 1.29 is 62.2 Å². The molecule has 1 aliphatic rings. The summed E-state index contributed by atoms with van der Waals surface area (Å²) in [7, 11) is 0. The second-order valence-electron chi connectivity index (χ2n) is 4.39. The first-order valence-corrected chi connectivity index (χ1v) is 4.88. The molecule has 0 atom stereocenters. The topological polar surface area (TPSA) is 20.2 Å². The molecule has 1 saturated carbocycles. The maximum atomic E-state index is 13.5. The van der Waals surface area contributed by atoms with Gasteiger partial charge in [0.2, 0.25) is 0 Å². The van der Waals surface area contributed by atoms with Gasteiger partial charge in [-0.25, -0.2) is 4.39 Å². The van der Waals surface area contributed by atoms with E-state index in [4.69, 9.17) is 5.11 Å². The number of hydrogen-bond acceptors (Lipinski definition) is 1. The first kappa shape index (κ1) is 19.1. The zero-order chi connectivity index (χ0) is 18.2. The van der Waals surface area contributed by atoms with Gasteiger partial charge in [0.05, 0.1) is 0 Å². The molecule has 0 radical (unpaired) electrons. The number of alkyl halides is 13. The Kier molecular flexibility index (Phi) is 3.57. The third kappa shape index (κ3) is 1.47. The predicted octanol–water partition coefficient (Wildman–Crippen LogP) is 3.51. The first-order valence-electron chi connectivity index (χ1n) is 4.88. The van der Waals surface area contributed by atoms with Gasteiger partial charge < -0.3 is 5.11 Å². The molecule has 0 aromatic rings. The van der Waals surface area contributed by atoms with Crippen molar-refractivity contribution in [1.29, 1.82) is 0 Å². The summed E-state index contributed by atoms with van der Waals surface area (Å²) in [5.41, 5.74) is -7.49. The van der Waals surface area contributed by atoms with Crippen molar-refractivity contribution in [3.8, 4) is 0 Å². The summed E-state index contributed by atoms with van der Waals surface area (Å²) in [6.07, 6.45) is 0. The molecule has 0 spiro atoms. The lowest BCUT2D eigenvalue weighted by Gasteiger charge is -2.53. The van der Waals surface area contributed by atoms with E-state index in [1.54, 1.807) is 0 Å². The van der Waals surface area contributed by atoms with Gasteiger partial charge in [-0.15, -0.1) is 0 Å². The Morgan fingerprint density at radius 1 is 0.545 bits per heavy atom. The van der Waals surface area contributed by atoms with Crippen molar-refractivity contribution in [2.75, 3.05) is 6.61 Å². The van der Waals surface area contributed by atoms with Crippen LogP contribution in [0.5, 0.6) is 0 Å². The maximum absolute atomic E-state index is 13.5. The Hall–Kier alpha value is -0.950. The molecule has 0 saturated heterocycles. The molecule has 0 aromatic carbocycles. The fourth-order valence-corrected chi connectivity index (χ4v) is 1.79. The van der Waals surface area contributed by atoms with Gasteiger partial charge in [-0.1, -0.05) is 0 Å². The summed E-state index contributed by atoms with van der Waals surface area (Å²) in [4.78, 5) is 0. The molecule has 0 amide bonds. The number of hydrogen-bond donors (Lipinski definition) is 1. The second-order valence-corrected chi connectivity index (χ2v) is 4.39. The third-order valence-corrected chi connectivity index (χ3v) is 3.15. The zero-order valence-electron chi connectivity index (χ0n) is 9.57. The van der Waals surface area contributed by atoms with Gasteiger partial charge in [-0.3, -0.25) is 0 Å². The minimum Gasteiger partial charge on any atom is -0.390 e. The van der Waals surface area contributed by atoms with Gasteiger partial charge >= 0.3 is 41.2 Å². The van der Waals surface area contributed by atoms with E-state index in [0.29, 0.717) is 0 Å². The zero-order valence-corrected chi connectivity index (χ0v) is 9.57. The Morgan fingerprint density at radius 3 is 1.00 bits per heavy atom. The number of rotatable bonds is 2. The van der Waals surface area contributed by atoms with Crippen LogP contribution in [-0.4, -0.2) is 52.9 Å². The van der Waals surface area contributed by atoms with E-state index in [-0.39, 0.29) is 0 Å². The molecule has 0 aromatic heterocycles. The molecule has 0 heterocycles. The van der Waals surface area contributed by atoms with Crippen LogP contribution in [-0.2, 0) is 0 Å². The van der Waals surface area contributed by atoms with E-state index in [1.165, 1.54) is 0 Å². The molecule has 1 N–H and O–H groups in total. The molecule has 1 nitrogen and oxygen atoms in total. The number of aliphatic hydroxyl groups excluding tert-OH is 1. The van der Waals surface area contributed by atoms with Gasteiger partial charge in [-0.05, 0) is 0 Å². The van der Waals surface area contributed by atoms with E-state index >= 15 is 0 Å². The summed E-state index contributed by atoms with van der Waals surface area (Å²) in [5, 5.41) is 7.91. The molecule has 1 rings (SSSR count). The molecule has 0 bridgehead atoms. The highest BCUT2D eigenvalue weighted by molar-refractivity contribution is 5.29. The van der Waals surface area contributed by atoms with E-state index in [2.05, 4.69) is 0 Å². The quantitative estimate of drug-likeness (QED) is 0.746. The fourth-order valence-electron chi connectivity index (χ4n) is 1.79. The van der Waals surface area contributed by atoms with Crippen molar-refractivity contribution in [2.45, 2.75) is 41.2 Å². The standard InChI is InChI=1S/C8H3F13O/c9-2(10,1-22)3(11)4(12,13)6(16,17)8(20,21)7(18,19)5(3,14)15/h22H,1H2. The maximum Gasteiger partial charge on any atom is 0.384 e. The Bertz CT molecular complexity index is 437. The highest BCUT2D eigenvalue weighted by Gasteiger charge is 3.04. The summed E-state index contributed by atoms with van der Waals surface area (Å²) in [5.74, 6) is -44.7. The summed E-state index contributed by atoms with van der Waals surface area (Å²) >= 11 is 0. The van der Waals surface area contributed by atoms with E-state index in [1.807, 2.05) is 0 Å². The third-order valence-electron chi connectivity index (χ3n) is 3.15. The molecular weight excluding hydrogens is 359 g/mol. The summed E-state index contributed by atoms with van der Waals surface area (Å²) < 4.78 is 168. The van der Waals surface area contributed by atoms with Crippen LogP contribution in [0.2, 0.25) is 0 Å². The molecule has 0 aliphatic heterocycles. The first-order chi connectivity index (χ1) is 9.31. The van der Waals surface area contributed by atoms with E-state index in [9.17, 15) is 57.1 Å². The largest absolute Gasteiger partial charge is 0.390 e. The van der Waals surface area contributed by atoms with Crippen LogP contribution in [0.3, 0.4) is 0 Å². The van der Waals surface area contributed by atoms with Crippen LogP contribution >= 0.6 is 0 Å². The van der Waals surface area contributed by atoms with Gasteiger partial charge in [0.25, 0.3) is 0 Å². The minimum atomic E-state index is -7.65. The fraction of sp³-hybridized carbons (Fsp3) is 1.00. The molecule has 14 heteroatoms. The normalized spacial score (nSPS) is 30.8. The predicted molar refractivity (Wildman–Crippen MR) is 40.6 cm³/mol. The number of halogens is 13. The Labute approximate surface area is 111 Å². The van der Waals surface area contributed by atoms with Gasteiger partial charge in [0, 0.05) is 0 Å². The lowest BCUT2D eigenvalue weighted by atomic mass is 9.69. The lowest BCUT2D eigenvalue weighted by molar-refractivity contribution is -0.506. The minimum absolute atomic E-state index is 3.35. The smallest absolute Gasteiger partial charge is 0.384 e. The van der Waals surface area contributed by atoms with Crippen LogP contribution in [0.1, 0.15) is 0 Å². The van der Waals surface area contributed by atoms with Crippen LogP contribution in [0.25, 0.3) is 0 Å². The van der Waals surface area contributed by atoms with Gasteiger partial charge in [0.1, 0.15) is 6.61 Å². The van der Waals surface area contributed by atoms with Crippen molar-refractivity contribution in [1.82, 2.24) is 0 Å². The van der Waals surface area contributed by atoms with E-state index in [0.717, 1.165) is 0 Å². The Morgan fingerprint density at radius 2 is 0.773 bits per heavy atom. The van der Waals surface area contributed by atoms with Crippen molar-refractivity contribution >= 4 is 0 Å². The van der Waals surface area contributed by atoms with Crippen molar-refractivity contribution in [2.24, 2.45) is 0 Å². The van der Waals surface area contributed by atoms with Crippen LogP contribution in [0, 0.1) is 0 Å². The second kappa shape index (κ2) is 4.12. The van der Waals surface area contributed by atoms with Crippen LogP contribution < -0.4 is 0 Å². The summed E-state index contributed by atoms with van der Waals surface area (Å²) in [6, 6.07) is 0. The molecule has 1 fully saturated rings. The molecule has 22 heavy (non-hydrogen) atoms. The molecular formula is C8H3F13O. The number of aliphatic hydroxyl groups is 1. The van der Waals surface area contributed by atoms with Crippen molar-refractivity contribution in [3.63, 3.8) is 0 Å². The average molecular weight is 362 g/mol. The SMILES string of the molecule is OCC(F)(F)C1(F)C(F)(F)C(F)(F)C(F)(F)C(F)(F)C1(F)F. The van der Waals surface area contributed by atoms with Crippen LogP contribution in [0.4, 0.5) is 57.1 Å². The highest BCUT2D eigenvalue weighted by Crippen LogP contribution is 2.72. The molecule has 1 aliphatic carbocycles. The highest BCUT2D eigenvalue weighted by atomic mass is 19.4. The summed E-state index contributed by atoms with van der Waals surface area (Å²) in [6.45, 7) is -3.35. The van der Waals surface area contributed by atoms with Gasteiger partial charge in [-0.2, -0.15) is 52.7 Å². The van der Waals surface area contributed by atoms with Gasteiger partial charge in [0.15, 0.2) is 0 Å². The molecule has 132 valence electrons. The average Bonchev–Trinajstić information content (AvgIpc) is 2.34. The Balaban J connectivity index is 3.94. The van der Waals surface area contributed by atoms with E-state index < -0.39 is 47.8 Å². The van der Waals surface area contributed by atoms with Crippen LogP contribution in [0.15, 0.2) is 0 Å². The molecule has 0 unspecified atom stereocenters. The lowest BCUT2D eigenvalue weighted by Crippen LogP contribution is -2.87. The van der Waals surface area contributed by atoms with Crippen molar-refractivity contribution in [3.05, 3.63) is 0 Å².